The molecule has 0 saturated carbocycles. The molecule has 10 heteroatoms. The molecule has 0 unspecified atom stereocenters. The highest BCUT2D eigenvalue weighted by Crippen LogP contribution is 2.30. The van der Waals surface area contributed by atoms with Gasteiger partial charge in [-0.1, -0.05) is 18.2 Å². The Balaban J connectivity index is 1.42. The number of carbonyl (C=O) groups excluding carboxylic acids is 2. The van der Waals surface area contributed by atoms with E-state index in [-0.39, 0.29) is 23.3 Å². The molecular weight excluding hydrogens is 513 g/mol. The van der Waals surface area contributed by atoms with Gasteiger partial charge >= 0.3 is 0 Å². The number of halogens is 1. The van der Waals surface area contributed by atoms with Crippen molar-refractivity contribution in [3.63, 3.8) is 0 Å². The molecule has 1 aromatic heterocycles. The van der Waals surface area contributed by atoms with Crippen molar-refractivity contribution in [1.29, 1.82) is 0 Å². The number of piperazine rings is 1. The molecule has 0 atom stereocenters. The van der Waals surface area contributed by atoms with Crippen molar-refractivity contribution in [3.05, 3.63) is 106 Å². The fourth-order valence-corrected chi connectivity index (χ4v) is 4.43. The number of hydrogen-bond acceptors (Lipinski definition) is 6. The summed E-state index contributed by atoms with van der Waals surface area (Å²) in [6.45, 7) is 5.37. The Labute approximate surface area is 230 Å². The number of para-hydroxylation sites is 1. The summed E-state index contributed by atoms with van der Waals surface area (Å²) in [5, 5.41) is 7.38. The number of aromatic nitrogens is 2. The van der Waals surface area contributed by atoms with E-state index in [0.717, 1.165) is 10.2 Å². The van der Waals surface area contributed by atoms with Crippen LogP contribution in [0.25, 0.3) is 5.69 Å². The van der Waals surface area contributed by atoms with Crippen LogP contribution in [-0.4, -0.2) is 57.6 Å². The summed E-state index contributed by atoms with van der Waals surface area (Å²) in [5.74, 6) is 0.229. The van der Waals surface area contributed by atoms with Crippen LogP contribution in [0.1, 0.15) is 22.8 Å². The lowest BCUT2D eigenvalue weighted by molar-refractivity contribution is -0.130. The van der Waals surface area contributed by atoms with Gasteiger partial charge in [0.05, 0.1) is 11.9 Å². The van der Waals surface area contributed by atoms with Crippen LogP contribution >= 0.6 is 0 Å². The number of ether oxygens (including phenoxy) is 1. The zero-order valence-electron chi connectivity index (χ0n) is 22.1. The maximum atomic E-state index is 13.6. The Morgan fingerprint density at radius 1 is 0.875 bits per heavy atom. The number of carbonyl (C=O) groups is 2. The van der Waals surface area contributed by atoms with Crippen molar-refractivity contribution in [2.45, 2.75) is 13.8 Å². The van der Waals surface area contributed by atoms with Crippen LogP contribution < -0.4 is 15.6 Å². The smallest absolute Gasteiger partial charge is 0.299 e. The molecular formula is C30H28FN5O4. The van der Waals surface area contributed by atoms with E-state index in [9.17, 15) is 18.8 Å². The van der Waals surface area contributed by atoms with Crippen LogP contribution in [0.3, 0.4) is 0 Å². The summed E-state index contributed by atoms with van der Waals surface area (Å²) < 4.78 is 20.7. The predicted molar refractivity (Wildman–Crippen MR) is 149 cm³/mol. The van der Waals surface area contributed by atoms with Gasteiger partial charge in [-0.25, -0.2) is 4.39 Å². The quantitative estimate of drug-likeness (QED) is 0.386. The van der Waals surface area contributed by atoms with E-state index in [4.69, 9.17) is 4.74 Å². The van der Waals surface area contributed by atoms with E-state index in [1.807, 2.05) is 25.1 Å². The van der Waals surface area contributed by atoms with Gasteiger partial charge in [0.25, 0.3) is 11.5 Å². The van der Waals surface area contributed by atoms with Crippen molar-refractivity contribution >= 4 is 23.2 Å². The Morgan fingerprint density at radius 3 is 2.17 bits per heavy atom. The zero-order chi connectivity index (χ0) is 28.2. The summed E-state index contributed by atoms with van der Waals surface area (Å²) in [6.07, 6.45) is 1.43. The topological polar surface area (TPSA) is 96.8 Å². The molecule has 1 saturated heterocycles. The number of nitrogens with zero attached hydrogens (tertiary/aromatic N) is 4. The monoisotopic (exact) mass is 541 g/mol. The normalized spacial score (nSPS) is 13.2. The maximum absolute atomic E-state index is 13.6. The fraction of sp³-hybridized carbons (Fsp3) is 0.200. The summed E-state index contributed by atoms with van der Waals surface area (Å²) >= 11 is 0. The second kappa shape index (κ2) is 11.4. The van der Waals surface area contributed by atoms with E-state index in [0.29, 0.717) is 48.9 Å². The van der Waals surface area contributed by atoms with Gasteiger partial charge in [-0.15, -0.1) is 0 Å². The fourth-order valence-electron chi connectivity index (χ4n) is 4.43. The van der Waals surface area contributed by atoms with Crippen LogP contribution in [0.2, 0.25) is 0 Å². The third-order valence-corrected chi connectivity index (χ3v) is 6.74. The van der Waals surface area contributed by atoms with Gasteiger partial charge < -0.3 is 19.9 Å². The van der Waals surface area contributed by atoms with Crippen LogP contribution in [-0.2, 0) is 4.79 Å². The number of benzene rings is 3. The molecule has 4 aromatic rings. The average Bonchev–Trinajstić information content (AvgIpc) is 2.97. The molecule has 5 rings (SSSR count). The van der Waals surface area contributed by atoms with Crippen LogP contribution in [0, 0.1) is 12.7 Å². The Hall–Kier alpha value is -4.99. The molecule has 0 spiro atoms. The number of anilines is 2. The van der Waals surface area contributed by atoms with Crippen molar-refractivity contribution < 1.29 is 18.7 Å². The standard InChI is InChI=1S/C30H28FN5O4/c1-20-5-3-4-6-26(20)40-27-19-32-36(25-13-9-23(31)10-14-25)30(39)28(27)33-24-11-7-22(8-12-24)29(38)35-17-15-34(16-18-35)21(2)37/h3-14,19,33H,15-18H2,1-2H3. The van der Waals surface area contributed by atoms with Gasteiger partial charge in [0.15, 0.2) is 11.4 Å². The Bertz CT molecular complexity index is 1590. The number of aryl methyl sites for hydroxylation is 1. The minimum atomic E-state index is -0.499. The highest BCUT2D eigenvalue weighted by molar-refractivity contribution is 5.95. The minimum Gasteiger partial charge on any atom is -0.453 e. The third kappa shape index (κ3) is 5.70. The summed E-state index contributed by atoms with van der Waals surface area (Å²) in [7, 11) is 0. The summed E-state index contributed by atoms with van der Waals surface area (Å²) in [5.41, 5.74) is 1.95. The van der Waals surface area contributed by atoms with E-state index in [2.05, 4.69) is 10.4 Å². The molecule has 1 aliphatic rings. The first-order valence-electron chi connectivity index (χ1n) is 12.8. The number of hydrogen-bond donors (Lipinski definition) is 1. The molecule has 9 nitrogen and oxygen atoms in total. The van der Waals surface area contributed by atoms with Gasteiger partial charge in [-0.2, -0.15) is 9.78 Å². The lowest BCUT2D eigenvalue weighted by Gasteiger charge is -2.34. The first-order chi connectivity index (χ1) is 19.3. The van der Waals surface area contributed by atoms with Crippen molar-refractivity contribution in [2.24, 2.45) is 0 Å². The first-order valence-corrected chi connectivity index (χ1v) is 12.8. The lowest BCUT2D eigenvalue weighted by atomic mass is 10.1. The van der Waals surface area contributed by atoms with Crippen molar-refractivity contribution in [3.8, 4) is 17.2 Å². The van der Waals surface area contributed by atoms with Gasteiger partial charge in [0.1, 0.15) is 11.6 Å². The molecule has 3 aromatic carbocycles. The maximum Gasteiger partial charge on any atom is 0.299 e. The molecule has 2 amide bonds. The minimum absolute atomic E-state index is 0.00269. The van der Waals surface area contributed by atoms with Crippen molar-refractivity contribution in [1.82, 2.24) is 19.6 Å². The predicted octanol–water partition coefficient (Wildman–Crippen LogP) is 4.52. The Kier molecular flexibility index (Phi) is 7.59. The molecule has 0 bridgehead atoms. The molecule has 0 aliphatic carbocycles. The van der Waals surface area contributed by atoms with Crippen LogP contribution in [0.4, 0.5) is 15.8 Å². The highest BCUT2D eigenvalue weighted by atomic mass is 19.1. The molecule has 1 fully saturated rings. The number of amides is 2. The largest absolute Gasteiger partial charge is 0.453 e. The SMILES string of the molecule is CC(=O)N1CCN(C(=O)c2ccc(Nc3c(Oc4ccccc4C)cnn(-c4ccc(F)cc4)c3=O)cc2)CC1. The molecule has 1 aliphatic heterocycles. The lowest BCUT2D eigenvalue weighted by Crippen LogP contribution is -2.50. The molecule has 1 N–H and O–H groups in total. The molecule has 204 valence electrons. The highest BCUT2D eigenvalue weighted by Gasteiger charge is 2.23. The van der Waals surface area contributed by atoms with E-state index in [1.54, 1.807) is 40.1 Å². The van der Waals surface area contributed by atoms with E-state index < -0.39 is 11.4 Å². The summed E-state index contributed by atoms with van der Waals surface area (Å²) in [4.78, 5) is 41.6. The van der Waals surface area contributed by atoms with Crippen molar-refractivity contribution in [2.75, 3.05) is 31.5 Å². The molecule has 0 radical (unpaired) electrons. The second-order valence-electron chi connectivity index (χ2n) is 9.45. The van der Waals surface area contributed by atoms with Gasteiger partial charge in [-0.3, -0.25) is 14.4 Å². The summed E-state index contributed by atoms with van der Waals surface area (Å²) in [6, 6.07) is 19.6. The Morgan fingerprint density at radius 2 is 1.52 bits per heavy atom. The average molecular weight is 542 g/mol. The second-order valence-corrected chi connectivity index (χ2v) is 9.45. The van der Waals surface area contributed by atoms with Crippen LogP contribution in [0.5, 0.6) is 11.5 Å². The van der Waals surface area contributed by atoms with E-state index in [1.165, 1.54) is 37.4 Å². The molecule has 40 heavy (non-hydrogen) atoms. The van der Waals surface area contributed by atoms with Gasteiger partial charge in [-0.05, 0) is 67.1 Å². The first kappa shape index (κ1) is 26.6. The van der Waals surface area contributed by atoms with Crippen LogP contribution in [0.15, 0.2) is 83.8 Å². The van der Waals surface area contributed by atoms with Gasteiger partial charge in [0, 0.05) is 44.4 Å². The van der Waals surface area contributed by atoms with Gasteiger partial charge in [0.2, 0.25) is 5.91 Å². The number of nitrogens with one attached hydrogen (secondary N) is 1. The molecule has 2 heterocycles. The number of rotatable bonds is 6. The third-order valence-electron chi connectivity index (χ3n) is 6.74. The zero-order valence-corrected chi connectivity index (χ0v) is 22.1. The van der Waals surface area contributed by atoms with E-state index >= 15 is 0 Å².